The highest BCUT2D eigenvalue weighted by molar-refractivity contribution is 5.54. The first-order valence-electron chi connectivity index (χ1n) is 6.49. The van der Waals surface area contributed by atoms with Crippen molar-refractivity contribution in [1.29, 1.82) is 0 Å². The van der Waals surface area contributed by atoms with Gasteiger partial charge in [0, 0.05) is 36.0 Å². The molecular weight excluding hydrogens is 270 g/mol. The topological polar surface area (TPSA) is 60.0 Å². The molecule has 5 nitrogen and oxygen atoms in total. The Balaban J connectivity index is 2.16. The number of methoxy groups -OCH3 is 3. The monoisotopic (exact) mass is 289 g/mol. The molecule has 0 unspecified atom stereocenters. The molecule has 0 saturated carbocycles. The second-order valence-electron chi connectivity index (χ2n) is 4.45. The first-order valence-corrected chi connectivity index (χ1v) is 6.49. The molecule has 2 aromatic rings. The van der Waals surface area contributed by atoms with Crippen LogP contribution in [-0.4, -0.2) is 26.4 Å². The fraction of sp³-hybridized carbons (Fsp3) is 0.250. The van der Waals surface area contributed by atoms with Gasteiger partial charge in [-0.2, -0.15) is 0 Å². The molecule has 112 valence electrons. The number of benzene rings is 2. The summed E-state index contributed by atoms with van der Waals surface area (Å²) in [6.07, 6.45) is 0. The van der Waals surface area contributed by atoms with Crippen LogP contribution in [0.2, 0.25) is 0 Å². The quantitative estimate of drug-likeness (QED) is 0.856. The maximum absolute atomic E-state index is 9.87. The Hall–Kier alpha value is -2.56. The lowest BCUT2D eigenvalue weighted by Gasteiger charge is -2.12. The zero-order valence-corrected chi connectivity index (χ0v) is 12.3. The number of ether oxygens (including phenoxy) is 3. The van der Waals surface area contributed by atoms with E-state index < -0.39 is 0 Å². The molecule has 0 radical (unpaired) electrons. The highest BCUT2D eigenvalue weighted by Crippen LogP contribution is 2.28. The molecule has 0 aliphatic rings. The summed E-state index contributed by atoms with van der Waals surface area (Å²) in [6, 6.07) is 10.6. The van der Waals surface area contributed by atoms with Crippen LogP contribution in [0.3, 0.4) is 0 Å². The van der Waals surface area contributed by atoms with Crippen molar-refractivity contribution in [2.45, 2.75) is 6.54 Å². The molecule has 0 atom stereocenters. The summed E-state index contributed by atoms with van der Waals surface area (Å²) in [5, 5.41) is 13.1. The summed E-state index contributed by atoms with van der Waals surface area (Å²) in [7, 11) is 4.80. The van der Waals surface area contributed by atoms with Gasteiger partial charge in [-0.15, -0.1) is 0 Å². The van der Waals surface area contributed by atoms with Crippen molar-refractivity contribution < 1.29 is 19.3 Å². The molecule has 0 bridgehead atoms. The minimum atomic E-state index is 0.221. The van der Waals surface area contributed by atoms with Crippen LogP contribution in [0.5, 0.6) is 23.0 Å². The van der Waals surface area contributed by atoms with Gasteiger partial charge in [0.2, 0.25) is 0 Å². The highest BCUT2D eigenvalue weighted by Gasteiger charge is 2.05. The fourth-order valence-corrected chi connectivity index (χ4v) is 1.94. The van der Waals surface area contributed by atoms with Gasteiger partial charge in [-0.1, -0.05) is 0 Å². The van der Waals surface area contributed by atoms with E-state index in [0.717, 1.165) is 11.3 Å². The van der Waals surface area contributed by atoms with Crippen molar-refractivity contribution in [2.75, 3.05) is 26.6 Å². The van der Waals surface area contributed by atoms with E-state index in [1.165, 1.54) is 0 Å². The number of hydrogen-bond donors (Lipinski definition) is 2. The molecule has 2 rings (SSSR count). The fourth-order valence-electron chi connectivity index (χ4n) is 1.94. The lowest BCUT2D eigenvalue weighted by molar-refractivity contribution is 0.394. The lowest BCUT2D eigenvalue weighted by atomic mass is 10.2. The van der Waals surface area contributed by atoms with Crippen molar-refractivity contribution in [2.24, 2.45) is 0 Å². The first kappa shape index (κ1) is 14.8. The Labute approximate surface area is 124 Å². The van der Waals surface area contributed by atoms with E-state index in [4.69, 9.17) is 14.2 Å². The Morgan fingerprint density at radius 1 is 0.857 bits per heavy atom. The van der Waals surface area contributed by atoms with Gasteiger partial charge in [0.15, 0.2) is 0 Å². The number of aromatic hydroxyl groups is 1. The third-order valence-corrected chi connectivity index (χ3v) is 3.12. The Kier molecular flexibility index (Phi) is 4.77. The van der Waals surface area contributed by atoms with Gasteiger partial charge in [-0.25, -0.2) is 0 Å². The van der Waals surface area contributed by atoms with Crippen LogP contribution < -0.4 is 19.5 Å². The maximum Gasteiger partial charge on any atom is 0.124 e. The minimum Gasteiger partial charge on any atom is -0.508 e. The van der Waals surface area contributed by atoms with Crippen LogP contribution in [0.15, 0.2) is 36.4 Å². The predicted molar refractivity (Wildman–Crippen MR) is 81.5 cm³/mol. The Morgan fingerprint density at radius 2 is 1.48 bits per heavy atom. The summed E-state index contributed by atoms with van der Waals surface area (Å²) < 4.78 is 15.6. The van der Waals surface area contributed by atoms with Crippen molar-refractivity contribution >= 4 is 5.69 Å². The maximum atomic E-state index is 9.87. The zero-order chi connectivity index (χ0) is 15.2. The second kappa shape index (κ2) is 6.74. The van der Waals surface area contributed by atoms with Crippen LogP contribution in [-0.2, 0) is 6.54 Å². The zero-order valence-electron chi connectivity index (χ0n) is 12.3. The lowest BCUT2D eigenvalue weighted by Crippen LogP contribution is -2.01. The number of hydrogen-bond acceptors (Lipinski definition) is 5. The molecule has 0 aliphatic heterocycles. The van der Waals surface area contributed by atoms with E-state index in [9.17, 15) is 5.11 Å². The van der Waals surface area contributed by atoms with E-state index >= 15 is 0 Å². The average molecular weight is 289 g/mol. The van der Waals surface area contributed by atoms with Crippen molar-refractivity contribution in [3.05, 3.63) is 42.0 Å². The van der Waals surface area contributed by atoms with Gasteiger partial charge < -0.3 is 24.6 Å². The minimum absolute atomic E-state index is 0.221. The summed E-state index contributed by atoms with van der Waals surface area (Å²) in [6.45, 7) is 0.458. The molecule has 2 N–H and O–H groups in total. The number of anilines is 1. The van der Waals surface area contributed by atoms with Crippen LogP contribution in [0.4, 0.5) is 5.69 Å². The number of rotatable bonds is 6. The third kappa shape index (κ3) is 3.72. The van der Waals surface area contributed by atoms with E-state index in [-0.39, 0.29) is 5.75 Å². The molecule has 0 spiro atoms. The number of phenolic OH excluding ortho intramolecular Hbond substituents is 1. The average Bonchev–Trinajstić information content (AvgIpc) is 2.53. The van der Waals surface area contributed by atoms with Gasteiger partial charge in [0.05, 0.1) is 21.3 Å². The van der Waals surface area contributed by atoms with Gasteiger partial charge in [-0.05, 0) is 18.2 Å². The third-order valence-electron chi connectivity index (χ3n) is 3.12. The molecule has 2 aromatic carbocycles. The van der Waals surface area contributed by atoms with E-state index in [0.29, 0.717) is 23.8 Å². The SMILES string of the molecule is COc1cc(NCc2cc(OC)ccc2O)cc(OC)c1. The molecule has 21 heavy (non-hydrogen) atoms. The van der Waals surface area contributed by atoms with Gasteiger partial charge in [0.1, 0.15) is 23.0 Å². The summed E-state index contributed by atoms with van der Waals surface area (Å²) in [5.41, 5.74) is 1.59. The van der Waals surface area contributed by atoms with Crippen LogP contribution in [0, 0.1) is 0 Å². The van der Waals surface area contributed by atoms with Crippen molar-refractivity contribution in [3.8, 4) is 23.0 Å². The molecule has 5 heteroatoms. The van der Waals surface area contributed by atoms with Crippen molar-refractivity contribution in [1.82, 2.24) is 0 Å². The standard InChI is InChI=1S/C16H19NO4/c1-19-13-4-5-16(18)11(6-13)10-17-12-7-14(20-2)9-15(8-12)21-3/h4-9,17-18H,10H2,1-3H3. The van der Waals surface area contributed by atoms with Crippen LogP contribution >= 0.6 is 0 Å². The number of nitrogens with one attached hydrogen (secondary N) is 1. The highest BCUT2D eigenvalue weighted by atomic mass is 16.5. The largest absolute Gasteiger partial charge is 0.508 e. The van der Waals surface area contributed by atoms with Crippen LogP contribution in [0.1, 0.15) is 5.56 Å². The molecular formula is C16H19NO4. The van der Waals surface area contributed by atoms with E-state index in [1.807, 2.05) is 12.1 Å². The molecule has 0 heterocycles. The Bertz CT molecular complexity index is 591. The normalized spacial score (nSPS) is 10.0. The number of phenols is 1. The molecule has 0 aliphatic carbocycles. The van der Waals surface area contributed by atoms with E-state index in [1.54, 1.807) is 45.6 Å². The molecule has 0 saturated heterocycles. The molecule has 0 amide bonds. The smallest absolute Gasteiger partial charge is 0.124 e. The van der Waals surface area contributed by atoms with E-state index in [2.05, 4.69) is 5.32 Å². The predicted octanol–water partition coefficient (Wildman–Crippen LogP) is 3.03. The molecule has 0 fully saturated rings. The van der Waals surface area contributed by atoms with Gasteiger partial charge in [-0.3, -0.25) is 0 Å². The van der Waals surface area contributed by atoms with Gasteiger partial charge >= 0.3 is 0 Å². The summed E-state index contributed by atoms with van der Waals surface area (Å²) in [4.78, 5) is 0. The second-order valence-corrected chi connectivity index (χ2v) is 4.45. The van der Waals surface area contributed by atoms with Crippen molar-refractivity contribution in [3.63, 3.8) is 0 Å². The Morgan fingerprint density at radius 3 is 2.05 bits per heavy atom. The summed E-state index contributed by atoms with van der Waals surface area (Å²) >= 11 is 0. The summed E-state index contributed by atoms with van der Waals surface area (Å²) in [5.74, 6) is 2.32. The molecule has 0 aromatic heterocycles. The van der Waals surface area contributed by atoms with Crippen LogP contribution in [0.25, 0.3) is 0 Å². The first-order chi connectivity index (χ1) is 10.2. The van der Waals surface area contributed by atoms with Gasteiger partial charge in [0.25, 0.3) is 0 Å².